The maximum absolute atomic E-state index is 12.9. The minimum Gasteiger partial charge on any atom is -0.462 e. The van der Waals surface area contributed by atoms with Crippen LogP contribution in [0, 0.1) is 0 Å². The quantitative estimate of drug-likeness (QED) is 0.0261. The van der Waals surface area contributed by atoms with Crippen LogP contribution in [0.15, 0.2) is 182 Å². The number of carbonyl (C=O) groups is 3. The molecule has 0 aromatic carbocycles. The second-order valence-corrected chi connectivity index (χ2v) is 19.1. The molecule has 0 saturated heterocycles. The van der Waals surface area contributed by atoms with Gasteiger partial charge in [0, 0.05) is 19.3 Å². The molecule has 1 atom stereocenters. The molecule has 428 valence electrons. The largest absolute Gasteiger partial charge is 0.462 e. The maximum atomic E-state index is 12.9. The maximum Gasteiger partial charge on any atom is 0.306 e. The molecule has 0 aliphatic rings. The highest BCUT2D eigenvalue weighted by Gasteiger charge is 2.19. The molecule has 0 aromatic heterocycles. The average molecular weight is 1060 g/mol. The number of hydrogen-bond donors (Lipinski definition) is 0. The van der Waals surface area contributed by atoms with E-state index in [1.54, 1.807) is 0 Å². The van der Waals surface area contributed by atoms with Crippen LogP contribution in [-0.2, 0) is 28.6 Å². The Morgan fingerprint density at radius 2 is 0.468 bits per heavy atom. The molecule has 1 unspecified atom stereocenters. The van der Waals surface area contributed by atoms with Crippen molar-refractivity contribution in [1.29, 1.82) is 0 Å². The van der Waals surface area contributed by atoms with Crippen molar-refractivity contribution >= 4 is 17.9 Å². The Kier molecular flexibility index (Phi) is 58.6. The van der Waals surface area contributed by atoms with Crippen molar-refractivity contribution in [1.82, 2.24) is 0 Å². The van der Waals surface area contributed by atoms with Gasteiger partial charge in [-0.15, -0.1) is 0 Å². The lowest BCUT2D eigenvalue weighted by Gasteiger charge is -2.18. The number of rotatable bonds is 52. The van der Waals surface area contributed by atoms with Gasteiger partial charge in [0.1, 0.15) is 13.2 Å². The Bertz CT molecular complexity index is 1840. The Hall–Kier alpha value is -5.49. The number of allylic oxidation sites excluding steroid dienone is 30. The van der Waals surface area contributed by atoms with Crippen molar-refractivity contribution in [3.63, 3.8) is 0 Å². The summed E-state index contributed by atoms with van der Waals surface area (Å²) in [5, 5.41) is 0. The minimum atomic E-state index is -0.829. The first kappa shape index (κ1) is 71.5. The van der Waals surface area contributed by atoms with Gasteiger partial charge >= 0.3 is 17.9 Å². The Balaban J connectivity index is 4.56. The third-order valence-corrected chi connectivity index (χ3v) is 11.9. The van der Waals surface area contributed by atoms with Gasteiger partial charge < -0.3 is 14.2 Å². The highest BCUT2D eigenvalue weighted by Crippen LogP contribution is 2.12. The van der Waals surface area contributed by atoms with E-state index in [9.17, 15) is 14.4 Å². The molecule has 6 nitrogen and oxygen atoms in total. The number of unbranched alkanes of at least 4 members (excludes halogenated alkanes) is 11. The zero-order valence-electron chi connectivity index (χ0n) is 48.9. The first-order valence-corrected chi connectivity index (χ1v) is 30.3. The van der Waals surface area contributed by atoms with Crippen molar-refractivity contribution in [2.24, 2.45) is 0 Å². The van der Waals surface area contributed by atoms with Crippen molar-refractivity contribution in [2.45, 2.75) is 232 Å². The fourth-order valence-corrected chi connectivity index (χ4v) is 7.46. The van der Waals surface area contributed by atoms with Gasteiger partial charge in [-0.05, 0) is 154 Å². The molecule has 0 amide bonds. The fraction of sp³-hybridized carbons (Fsp3) is 0.535. The lowest BCUT2D eigenvalue weighted by molar-refractivity contribution is -0.167. The molecule has 0 radical (unpaired) electrons. The molecule has 0 N–H and O–H groups in total. The van der Waals surface area contributed by atoms with E-state index >= 15 is 0 Å². The Morgan fingerprint density at radius 3 is 0.740 bits per heavy atom. The van der Waals surface area contributed by atoms with Crippen molar-refractivity contribution in [3.05, 3.63) is 182 Å². The molecule has 0 spiro atoms. The topological polar surface area (TPSA) is 78.9 Å². The number of ether oxygens (including phenoxy) is 3. The molecule has 0 heterocycles. The smallest absolute Gasteiger partial charge is 0.306 e. The summed E-state index contributed by atoms with van der Waals surface area (Å²) >= 11 is 0. The second kappa shape index (κ2) is 63.0. The van der Waals surface area contributed by atoms with Crippen molar-refractivity contribution < 1.29 is 28.6 Å². The zero-order valence-corrected chi connectivity index (χ0v) is 48.9. The van der Waals surface area contributed by atoms with Crippen LogP contribution < -0.4 is 0 Å². The van der Waals surface area contributed by atoms with E-state index in [0.717, 1.165) is 180 Å². The van der Waals surface area contributed by atoms with E-state index < -0.39 is 6.10 Å². The second-order valence-electron chi connectivity index (χ2n) is 19.1. The molecule has 6 heteroatoms. The van der Waals surface area contributed by atoms with Gasteiger partial charge in [-0.25, -0.2) is 0 Å². The molecule has 0 bridgehead atoms. The number of carbonyl (C=O) groups excluding carboxylic acids is 3. The van der Waals surface area contributed by atoms with E-state index in [2.05, 4.69) is 203 Å². The molecule has 0 aliphatic heterocycles. The fourth-order valence-electron chi connectivity index (χ4n) is 7.46. The predicted molar refractivity (Wildman–Crippen MR) is 334 cm³/mol. The monoisotopic (exact) mass is 1060 g/mol. The average Bonchev–Trinajstić information content (AvgIpc) is 3.43. The summed E-state index contributed by atoms with van der Waals surface area (Å²) in [4.78, 5) is 38.3. The highest BCUT2D eigenvalue weighted by atomic mass is 16.6. The SMILES string of the molecule is CC/C=C\C/C=C\C/C=C\C/C=C\C/C=C\C/C=C\C/C=C\CCCCCC(=O)OCC(COC(=O)CCCCCCC/C=C\C/C=C\C/C=C\CC)OC(=O)CCCCC/C=C\C/C=C\C/C=C\C/C=C\C/C=C\CC. The lowest BCUT2D eigenvalue weighted by atomic mass is 10.1. The van der Waals surface area contributed by atoms with Gasteiger partial charge in [-0.2, -0.15) is 0 Å². The van der Waals surface area contributed by atoms with Crippen LogP contribution in [0.3, 0.4) is 0 Å². The minimum absolute atomic E-state index is 0.121. The van der Waals surface area contributed by atoms with Crippen LogP contribution in [0.2, 0.25) is 0 Å². The predicted octanol–water partition coefficient (Wildman–Crippen LogP) is 20.9. The Morgan fingerprint density at radius 1 is 0.260 bits per heavy atom. The Labute approximate surface area is 472 Å². The van der Waals surface area contributed by atoms with Gasteiger partial charge in [0.05, 0.1) is 0 Å². The van der Waals surface area contributed by atoms with E-state index in [1.165, 1.54) is 0 Å². The normalized spacial score (nSPS) is 13.4. The van der Waals surface area contributed by atoms with Crippen LogP contribution in [0.1, 0.15) is 226 Å². The van der Waals surface area contributed by atoms with Crippen LogP contribution >= 0.6 is 0 Å². The molecule has 0 rings (SSSR count). The van der Waals surface area contributed by atoms with E-state index in [0.29, 0.717) is 19.3 Å². The summed E-state index contributed by atoms with van der Waals surface area (Å²) in [6.45, 7) is 6.21. The van der Waals surface area contributed by atoms with Crippen molar-refractivity contribution in [2.75, 3.05) is 13.2 Å². The third-order valence-electron chi connectivity index (χ3n) is 11.9. The first-order valence-electron chi connectivity index (χ1n) is 30.3. The van der Waals surface area contributed by atoms with Crippen LogP contribution in [0.5, 0.6) is 0 Å². The van der Waals surface area contributed by atoms with Crippen molar-refractivity contribution in [3.8, 4) is 0 Å². The van der Waals surface area contributed by atoms with E-state index in [4.69, 9.17) is 14.2 Å². The van der Waals surface area contributed by atoms with E-state index in [1.807, 2.05) is 0 Å². The summed E-state index contributed by atoms with van der Waals surface area (Å²) in [7, 11) is 0. The van der Waals surface area contributed by atoms with Gasteiger partial charge in [0.25, 0.3) is 0 Å². The summed E-state index contributed by atoms with van der Waals surface area (Å²) in [5.74, 6) is -1.01. The number of hydrogen-bond acceptors (Lipinski definition) is 6. The summed E-state index contributed by atoms with van der Waals surface area (Å²) < 4.78 is 16.8. The van der Waals surface area contributed by atoms with Gasteiger partial charge in [-0.1, -0.05) is 235 Å². The molecule has 0 aliphatic carbocycles. The highest BCUT2D eigenvalue weighted by molar-refractivity contribution is 5.71. The molecule has 0 aromatic rings. The molecular weight excluding hydrogens is 949 g/mol. The summed E-state index contributed by atoms with van der Waals surface area (Å²) in [6.07, 6.45) is 94.5. The van der Waals surface area contributed by atoms with Crippen LogP contribution in [0.25, 0.3) is 0 Å². The number of esters is 3. The first-order chi connectivity index (χ1) is 38.0. The zero-order chi connectivity index (χ0) is 55.7. The summed E-state index contributed by atoms with van der Waals surface area (Å²) in [6, 6.07) is 0. The van der Waals surface area contributed by atoms with Crippen LogP contribution in [-0.4, -0.2) is 37.2 Å². The van der Waals surface area contributed by atoms with Gasteiger partial charge in [0.2, 0.25) is 0 Å². The molecular formula is C71H108O6. The van der Waals surface area contributed by atoms with Gasteiger partial charge in [0.15, 0.2) is 6.10 Å². The standard InChI is InChI=1S/C71H108O6/c1-4-7-10-13-16-19-22-25-28-30-32-33-34-35-36-37-39-40-43-46-49-52-55-58-61-64-70(73)76-67-68(66-75-69(72)63-60-57-54-51-48-45-42-27-24-21-18-15-12-9-6-3)77-71(74)65-62-59-56-53-50-47-44-41-38-31-29-26-23-20-17-14-11-8-5-2/h7-12,16-21,25-29,32-33,35-36,38-42,46-47,49-50,68H,4-6,13-15,22-24,30-31,34,37,43-45,48,51-67H2,1-3H3/b10-7-,11-8-,12-9-,19-16-,20-17-,21-18-,28-25-,29-26-,33-32-,36-35-,40-39-,41-38-,42-27-,49-46-,50-47-. The van der Waals surface area contributed by atoms with Crippen LogP contribution in [0.4, 0.5) is 0 Å². The molecule has 0 fully saturated rings. The summed E-state index contributed by atoms with van der Waals surface area (Å²) in [5.41, 5.74) is 0. The van der Waals surface area contributed by atoms with E-state index in [-0.39, 0.29) is 37.5 Å². The van der Waals surface area contributed by atoms with Gasteiger partial charge in [-0.3, -0.25) is 14.4 Å². The third kappa shape index (κ3) is 61.2. The molecule has 77 heavy (non-hydrogen) atoms. The lowest BCUT2D eigenvalue weighted by Crippen LogP contribution is -2.30. The molecule has 0 saturated carbocycles.